The number of rotatable bonds is 9. The Kier molecular flexibility index (Phi) is 8.51. The SMILES string of the molecule is CCCc1oc2ccccc2c1C(=O)c1ccc(OCCNCC(C)(C)C)cc1.Cl. The smallest absolute Gasteiger partial charge is 0.197 e. The highest BCUT2D eigenvalue weighted by Crippen LogP contribution is 2.29. The van der Waals surface area contributed by atoms with Crippen LogP contribution in [0.5, 0.6) is 5.75 Å². The summed E-state index contributed by atoms with van der Waals surface area (Å²) < 4.78 is 11.7. The van der Waals surface area contributed by atoms with E-state index in [0.717, 1.165) is 48.4 Å². The third-order valence-corrected chi connectivity index (χ3v) is 4.69. The molecule has 2 aromatic carbocycles. The van der Waals surface area contributed by atoms with E-state index in [0.29, 0.717) is 17.7 Å². The summed E-state index contributed by atoms with van der Waals surface area (Å²) in [7, 11) is 0. The van der Waals surface area contributed by atoms with Crippen LogP contribution in [0, 0.1) is 5.41 Å². The summed E-state index contributed by atoms with van der Waals surface area (Å²) in [5.74, 6) is 1.53. The molecule has 1 heterocycles. The first-order valence-corrected chi connectivity index (χ1v) is 10.4. The van der Waals surface area contributed by atoms with Gasteiger partial charge in [0.1, 0.15) is 23.7 Å². The molecule has 0 aliphatic rings. The Hall–Kier alpha value is -2.30. The molecular formula is C25H32ClNO3. The topological polar surface area (TPSA) is 51.5 Å². The maximum Gasteiger partial charge on any atom is 0.197 e. The molecule has 0 bridgehead atoms. The number of furan rings is 1. The molecule has 0 atom stereocenters. The van der Waals surface area contributed by atoms with Crippen LogP contribution in [-0.4, -0.2) is 25.5 Å². The number of ketones is 1. The van der Waals surface area contributed by atoms with Gasteiger partial charge in [0, 0.05) is 30.5 Å². The first-order chi connectivity index (χ1) is 13.9. The quantitative estimate of drug-likeness (QED) is 0.332. The maximum absolute atomic E-state index is 13.2. The van der Waals surface area contributed by atoms with Gasteiger partial charge < -0.3 is 14.5 Å². The normalized spacial score (nSPS) is 11.3. The van der Waals surface area contributed by atoms with Crippen molar-refractivity contribution in [2.45, 2.75) is 40.5 Å². The number of nitrogens with one attached hydrogen (secondary N) is 1. The molecule has 4 nitrogen and oxygen atoms in total. The molecule has 0 unspecified atom stereocenters. The van der Waals surface area contributed by atoms with E-state index in [2.05, 4.69) is 33.0 Å². The Bertz CT molecular complexity index is 955. The molecule has 0 saturated carbocycles. The molecule has 3 aromatic rings. The van der Waals surface area contributed by atoms with Crippen LogP contribution in [0.25, 0.3) is 11.0 Å². The molecule has 0 saturated heterocycles. The van der Waals surface area contributed by atoms with E-state index in [1.807, 2.05) is 48.5 Å². The van der Waals surface area contributed by atoms with Crippen LogP contribution in [0.15, 0.2) is 52.9 Å². The summed E-state index contributed by atoms with van der Waals surface area (Å²) in [5.41, 5.74) is 2.35. The number of carbonyl (C=O) groups excluding carboxylic acids is 1. The van der Waals surface area contributed by atoms with Crippen molar-refractivity contribution in [3.8, 4) is 5.75 Å². The molecule has 5 heteroatoms. The summed E-state index contributed by atoms with van der Waals surface area (Å²) in [6.45, 7) is 11.0. The molecule has 0 fully saturated rings. The van der Waals surface area contributed by atoms with Gasteiger partial charge in [0.25, 0.3) is 0 Å². The number of halogens is 1. The van der Waals surface area contributed by atoms with Crippen LogP contribution < -0.4 is 10.1 Å². The minimum absolute atomic E-state index is 0. The number of para-hydroxylation sites is 1. The highest BCUT2D eigenvalue weighted by molar-refractivity contribution is 6.16. The fourth-order valence-electron chi connectivity index (χ4n) is 3.30. The second kappa shape index (κ2) is 10.6. The maximum atomic E-state index is 13.2. The number of benzene rings is 2. The van der Waals surface area contributed by atoms with Gasteiger partial charge in [-0.3, -0.25) is 4.79 Å². The van der Waals surface area contributed by atoms with Gasteiger partial charge >= 0.3 is 0 Å². The van der Waals surface area contributed by atoms with Crippen LogP contribution >= 0.6 is 12.4 Å². The van der Waals surface area contributed by atoms with Crippen LogP contribution in [-0.2, 0) is 6.42 Å². The molecule has 1 N–H and O–H groups in total. The Balaban J connectivity index is 0.00000320. The minimum Gasteiger partial charge on any atom is -0.492 e. The van der Waals surface area contributed by atoms with Crippen molar-refractivity contribution >= 4 is 29.2 Å². The number of hydrogen-bond donors (Lipinski definition) is 1. The van der Waals surface area contributed by atoms with Crippen molar-refractivity contribution in [1.29, 1.82) is 0 Å². The molecule has 3 rings (SSSR count). The Morgan fingerprint density at radius 3 is 2.43 bits per heavy atom. The first-order valence-electron chi connectivity index (χ1n) is 10.4. The minimum atomic E-state index is -0.00297. The summed E-state index contributed by atoms with van der Waals surface area (Å²) in [4.78, 5) is 13.2. The molecule has 0 aliphatic carbocycles. The zero-order valence-electron chi connectivity index (χ0n) is 18.3. The van der Waals surface area contributed by atoms with Gasteiger partial charge in [0.2, 0.25) is 0 Å². The molecule has 0 aliphatic heterocycles. The van der Waals surface area contributed by atoms with Crippen LogP contribution in [0.3, 0.4) is 0 Å². The fraction of sp³-hybridized carbons (Fsp3) is 0.400. The zero-order valence-corrected chi connectivity index (χ0v) is 19.1. The number of ether oxygens (including phenoxy) is 1. The van der Waals surface area contributed by atoms with E-state index in [9.17, 15) is 4.79 Å². The summed E-state index contributed by atoms with van der Waals surface area (Å²) in [5, 5.41) is 4.27. The monoisotopic (exact) mass is 429 g/mol. The highest BCUT2D eigenvalue weighted by atomic mass is 35.5. The molecule has 162 valence electrons. The number of aryl methyl sites for hydroxylation is 1. The van der Waals surface area contributed by atoms with Crippen molar-refractivity contribution < 1.29 is 13.9 Å². The third kappa shape index (κ3) is 6.10. The van der Waals surface area contributed by atoms with E-state index in [4.69, 9.17) is 9.15 Å². The van der Waals surface area contributed by atoms with Gasteiger partial charge in [-0.15, -0.1) is 12.4 Å². The van der Waals surface area contributed by atoms with E-state index in [1.165, 1.54) is 0 Å². The Labute approximate surface area is 185 Å². The molecule has 0 radical (unpaired) electrons. The summed E-state index contributed by atoms with van der Waals surface area (Å²) in [6.07, 6.45) is 1.68. The van der Waals surface area contributed by atoms with Gasteiger partial charge in [-0.25, -0.2) is 0 Å². The Morgan fingerprint density at radius 2 is 1.77 bits per heavy atom. The van der Waals surface area contributed by atoms with Gasteiger partial charge in [-0.05, 0) is 42.2 Å². The van der Waals surface area contributed by atoms with Crippen molar-refractivity contribution in [2.24, 2.45) is 5.41 Å². The van der Waals surface area contributed by atoms with Crippen molar-refractivity contribution in [1.82, 2.24) is 5.32 Å². The molecule has 30 heavy (non-hydrogen) atoms. The van der Waals surface area contributed by atoms with Crippen LogP contribution in [0.4, 0.5) is 0 Å². The molecule has 0 amide bonds. The first kappa shape index (κ1) is 24.0. The van der Waals surface area contributed by atoms with Gasteiger partial charge in [-0.2, -0.15) is 0 Å². The summed E-state index contributed by atoms with van der Waals surface area (Å²) in [6, 6.07) is 15.1. The number of fused-ring (bicyclic) bond motifs is 1. The van der Waals surface area contributed by atoms with Gasteiger partial charge in [0.15, 0.2) is 5.78 Å². The predicted octanol–water partition coefficient (Wildman–Crippen LogP) is 6.05. The summed E-state index contributed by atoms with van der Waals surface area (Å²) >= 11 is 0. The lowest BCUT2D eigenvalue weighted by molar-refractivity contribution is 0.103. The van der Waals surface area contributed by atoms with Gasteiger partial charge in [0.05, 0.1) is 5.56 Å². The predicted molar refractivity (Wildman–Crippen MR) is 125 cm³/mol. The van der Waals surface area contributed by atoms with Crippen molar-refractivity contribution in [3.05, 3.63) is 65.4 Å². The standard InChI is InChI=1S/C25H31NO3.ClH/c1-5-8-22-23(20-9-6-7-10-21(20)29-22)24(27)18-11-13-19(14-12-18)28-16-15-26-17-25(2,3)4;/h6-7,9-14,26H,5,8,15-17H2,1-4H3;1H. The van der Waals surface area contributed by atoms with Crippen molar-refractivity contribution in [3.63, 3.8) is 0 Å². The Morgan fingerprint density at radius 1 is 1.07 bits per heavy atom. The fourth-order valence-corrected chi connectivity index (χ4v) is 3.30. The second-order valence-electron chi connectivity index (χ2n) is 8.59. The van der Waals surface area contributed by atoms with Crippen molar-refractivity contribution in [2.75, 3.05) is 19.7 Å². The van der Waals surface area contributed by atoms with E-state index < -0.39 is 0 Å². The average Bonchev–Trinajstić information content (AvgIpc) is 3.05. The van der Waals surface area contributed by atoms with E-state index in [1.54, 1.807) is 0 Å². The average molecular weight is 430 g/mol. The number of hydrogen-bond acceptors (Lipinski definition) is 4. The zero-order chi connectivity index (χ0) is 20.9. The molecule has 1 aromatic heterocycles. The largest absolute Gasteiger partial charge is 0.492 e. The van der Waals surface area contributed by atoms with Gasteiger partial charge in [-0.1, -0.05) is 45.9 Å². The van der Waals surface area contributed by atoms with E-state index >= 15 is 0 Å². The lowest BCUT2D eigenvalue weighted by atomic mass is 9.97. The lowest BCUT2D eigenvalue weighted by Gasteiger charge is -2.18. The van der Waals surface area contributed by atoms with Crippen LogP contribution in [0.2, 0.25) is 0 Å². The van der Waals surface area contributed by atoms with E-state index in [-0.39, 0.29) is 23.6 Å². The highest BCUT2D eigenvalue weighted by Gasteiger charge is 2.21. The van der Waals surface area contributed by atoms with Crippen LogP contribution in [0.1, 0.15) is 55.8 Å². The molecular weight excluding hydrogens is 398 g/mol. The number of carbonyl (C=O) groups is 1. The third-order valence-electron chi connectivity index (χ3n) is 4.69. The second-order valence-corrected chi connectivity index (χ2v) is 8.59. The lowest BCUT2D eigenvalue weighted by Crippen LogP contribution is -2.30. The molecule has 0 spiro atoms.